The first-order chi connectivity index (χ1) is 8.56. The number of amidine groups is 1. The van der Waals surface area contributed by atoms with Crippen LogP contribution in [0.3, 0.4) is 0 Å². The predicted octanol–water partition coefficient (Wildman–Crippen LogP) is 1.04. The van der Waals surface area contributed by atoms with Gasteiger partial charge in [0, 0.05) is 17.3 Å². The van der Waals surface area contributed by atoms with E-state index >= 15 is 0 Å². The number of rotatable bonds is 5. The van der Waals surface area contributed by atoms with Crippen molar-refractivity contribution in [1.82, 2.24) is 10.3 Å². The van der Waals surface area contributed by atoms with E-state index in [0.717, 1.165) is 18.5 Å². The van der Waals surface area contributed by atoms with Crippen LogP contribution < -0.4 is 11.1 Å². The molecule has 0 aliphatic heterocycles. The number of aromatic nitrogens is 1. The smallest absolute Gasteiger partial charge is 0.230 e. The first-order valence-corrected chi connectivity index (χ1v) is 6.79. The van der Waals surface area contributed by atoms with Crippen LogP contribution in [-0.2, 0) is 4.79 Å². The molecule has 0 saturated heterocycles. The summed E-state index contributed by atoms with van der Waals surface area (Å²) in [5, 5.41) is 11.0. The van der Waals surface area contributed by atoms with Gasteiger partial charge in [-0.1, -0.05) is 11.8 Å². The second kappa shape index (κ2) is 5.39. The molecule has 1 aliphatic carbocycles. The van der Waals surface area contributed by atoms with Crippen molar-refractivity contribution in [2.75, 3.05) is 5.75 Å². The van der Waals surface area contributed by atoms with Gasteiger partial charge in [-0.15, -0.1) is 0 Å². The van der Waals surface area contributed by atoms with Gasteiger partial charge in [0.05, 0.1) is 5.75 Å². The number of nitrogens with one attached hydrogen (secondary N) is 2. The number of carbonyl (C=O) groups is 1. The fraction of sp³-hybridized carbons (Fsp3) is 0.417. The second-order valence-electron chi connectivity index (χ2n) is 4.35. The van der Waals surface area contributed by atoms with Gasteiger partial charge in [0.25, 0.3) is 0 Å². The number of carbonyl (C=O) groups excluding carboxylic acids is 1. The normalized spacial score (nSPS) is 14.3. The van der Waals surface area contributed by atoms with Crippen molar-refractivity contribution < 1.29 is 4.79 Å². The van der Waals surface area contributed by atoms with E-state index in [1.54, 1.807) is 6.07 Å². The molecular formula is C12H16N4OS. The van der Waals surface area contributed by atoms with Gasteiger partial charge >= 0.3 is 0 Å². The number of hydrogen-bond acceptors (Lipinski definition) is 4. The van der Waals surface area contributed by atoms with Crippen molar-refractivity contribution >= 4 is 23.5 Å². The molecule has 18 heavy (non-hydrogen) atoms. The number of nitrogens with zero attached hydrogens (tertiary/aromatic N) is 1. The molecule has 6 heteroatoms. The Balaban J connectivity index is 2.00. The molecular weight excluding hydrogens is 248 g/mol. The number of amides is 1. The molecule has 0 aromatic carbocycles. The quantitative estimate of drug-likeness (QED) is 0.421. The van der Waals surface area contributed by atoms with E-state index in [4.69, 9.17) is 11.1 Å². The van der Waals surface area contributed by atoms with E-state index in [2.05, 4.69) is 10.3 Å². The maximum absolute atomic E-state index is 11.6. The van der Waals surface area contributed by atoms with Crippen LogP contribution in [0.5, 0.6) is 0 Å². The molecule has 5 nitrogen and oxygen atoms in total. The predicted molar refractivity (Wildman–Crippen MR) is 71.9 cm³/mol. The lowest BCUT2D eigenvalue weighted by Crippen LogP contribution is -2.27. The van der Waals surface area contributed by atoms with Gasteiger partial charge in [-0.25, -0.2) is 4.98 Å². The number of pyridine rings is 1. The van der Waals surface area contributed by atoms with Crippen LogP contribution in [-0.4, -0.2) is 28.5 Å². The highest BCUT2D eigenvalue weighted by molar-refractivity contribution is 8.00. The zero-order valence-electron chi connectivity index (χ0n) is 10.2. The molecule has 0 radical (unpaired) electrons. The van der Waals surface area contributed by atoms with Crippen molar-refractivity contribution in [3.63, 3.8) is 0 Å². The molecule has 1 amide bonds. The highest BCUT2D eigenvalue weighted by Crippen LogP contribution is 2.22. The minimum absolute atomic E-state index is 0.0142. The highest BCUT2D eigenvalue weighted by atomic mass is 32.2. The van der Waals surface area contributed by atoms with Crippen LogP contribution in [0.1, 0.15) is 24.1 Å². The third-order valence-corrected chi connectivity index (χ3v) is 3.56. The molecule has 1 aromatic rings. The Bertz CT molecular complexity index is 485. The van der Waals surface area contributed by atoms with E-state index in [1.165, 1.54) is 11.8 Å². The van der Waals surface area contributed by atoms with Crippen LogP contribution in [0.15, 0.2) is 17.2 Å². The number of nitrogens with two attached hydrogens (primary N) is 1. The monoisotopic (exact) mass is 264 g/mol. The van der Waals surface area contributed by atoms with E-state index in [-0.39, 0.29) is 11.7 Å². The van der Waals surface area contributed by atoms with Gasteiger partial charge < -0.3 is 11.1 Å². The number of nitrogen functional groups attached to an aromatic ring is 1. The highest BCUT2D eigenvalue weighted by Gasteiger charge is 2.23. The minimum atomic E-state index is -0.0207. The minimum Gasteiger partial charge on any atom is -0.384 e. The molecule has 0 unspecified atom stereocenters. The molecule has 96 valence electrons. The van der Waals surface area contributed by atoms with Crippen molar-refractivity contribution in [3.05, 3.63) is 23.4 Å². The molecule has 1 aliphatic rings. The summed E-state index contributed by atoms with van der Waals surface area (Å²) in [6, 6.07) is 3.95. The molecule has 1 fully saturated rings. The van der Waals surface area contributed by atoms with E-state index in [9.17, 15) is 4.79 Å². The van der Waals surface area contributed by atoms with Gasteiger partial charge in [-0.05, 0) is 31.9 Å². The Kier molecular flexibility index (Phi) is 3.86. The molecule has 4 N–H and O–H groups in total. The zero-order valence-corrected chi connectivity index (χ0v) is 11.0. The second-order valence-corrected chi connectivity index (χ2v) is 5.31. The third-order valence-electron chi connectivity index (χ3n) is 2.57. The zero-order chi connectivity index (χ0) is 13.1. The fourth-order valence-corrected chi connectivity index (χ4v) is 2.37. The van der Waals surface area contributed by atoms with E-state index in [1.807, 2.05) is 13.0 Å². The van der Waals surface area contributed by atoms with E-state index < -0.39 is 0 Å². The standard InChI is InChI=1S/C12H16N4OS/c1-7-2-5-9(11(13)14)12(15-7)18-6-10(17)16-8-3-4-8/h2,5,8H,3-4,6H2,1H3,(H3,13,14)(H,16,17). The lowest BCUT2D eigenvalue weighted by Gasteiger charge is -2.08. The molecule has 1 heterocycles. The first-order valence-electron chi connectivity index (χ1n) is 5.80. The summed E-state index contributed by atoms with van der Waals surface area (Å²) in [6.07, 6.45) is 2.16. The molecule has 1 aromatic heterocycles. The van der Waals surface area contributed by atoms with Crippen LogP contribution in [0.25, 0.3) is 0 Å². The van der Waals surface area contributed by atoms with Crippen LogP contribution in [0, 0.1) is 12.3 Å². The topological polar surface area (TPSA) is 91.9 Å². The third kappa shape index (κ3) is 3.46. The van der Waals surface area contributed by atoms with Crippen LogP contribution >= 0.6 is 11.8 Å². The first kappa shape index (κ1) is 12.9. The maximum atomic E-state index is 11.6. The lowest BCUT2D eigenvalue weighted by molar-refractivity contribution is -0.118. The Morgan fingerprint density at radius 2 is 2.33 bits per heavy atom. The molecule has 0 spiro atoms. The Morgan fingerprint density at radius 1 is 1.61 bits per heavy atom. The SMILES string of the molecule is Cc1ccc(C(=N)N)c(SCC(=O)NC2CC2)n1. The summed E-state index contributed by atoms with van der Waals surface area (Å²) in [5.74, 6) is 0.306. The molecule has 0 bridgehead atoms. The summed E-state index contributed by atoms with van der Waals surface area (Å²) >= 11 is 1.32. The van der Waals surface area contributed by atoms with Crippen molar-refractivity contribution in [2.24, 2.45) is 5.73 Å². The number of hydrogen-bond donors (Lipinski definition) is 3. The maximum Gasteiger partial charge on any atom is 0.230 e. The van der Waals surface area contributed by atoms with Gasteiger partial charge in [0.1, 0.15) is 10.9 Å². The van der Waals surface area contributed by atoms with Gasteiger partial charge in [-0.2, -0.15) is 0 Å². The Hall–Kier alpha value is -1.56. The number of thioether (sulfide) groups is 1. The largest absolute Gasteiger partial charge is 0.384 e. The summed E-state index contributed by atoms with van der Waals surface area (Å²) in [5.41, 5.74) is 6.93. The summed E-state index contributed by atoms with van der Waals surface area (Å²) in [4.78, 5) is 15.9. The Labute approximate surface area is 110 Å². The summed E-state index contributed by atoms with van der Waals surface area (Å²) in [6.45, 7) is 1.87. The van der Waals surface area contributed by atoms with Gasteiger partial charge in [0.15, 0.2) is 0 Å². The van der Waals surface area contributed by atoms with Gasteiger partial charge in [0.2, 0.25) is 5.91 Å². The lowest BCUT2D eigenvalue weighted by atomic mass is 10.2. The fourth-order valence-electron chi connectivity index (χ4n) is 1.48. The van der Waals surface area contributed by atoms with Crippen molar-refractivity contribution in [2.45, 2.75) is 30.8 Å². The van der Waals surface area contributed by atoms with Crippen LogP contribution in [0.2, 0.25) is 0 Å². The summed E-state index contributed by atoms with van der Waals surface area (Å²) in [7, 11) is 0. The van der Waals surface area contributed by atoms with Crippen molar-refractivity contribution in [1.29, 1.82) is 5.41 Å². The molecule has 1 saturated carbocycles. The van der Waals surface area contributed by atoms with Gasteiger partial charge in [-0.3, -0.25) is 10.2 Å². The van der Waals surface area contributed by atoms with E-state index in [0.29, 0.717) is 22.4 Å². The number of aryl methyl sites for hydroxylation is 1. The van der Waals surface area contributed by atoms with Crippen LogP contribution in [0.4, 0.5) is 0 Å². The Morgan fingerprint density at radius 3 is 2.94 bits per heavy atom. The molecule has 0 atom stereocenters. The summed E-state index contributed by atoms with van der Waals surface area (Å²) < 4.78 is 0. The average molecular weight is 264 g/mol. The molecule has 2 rings (SSSR count). The average Bonchev–Trinajstić information content (AvgIpc) is 3.10. The van der Waals surface area contributed by atoms with Crippen molar-refractivity contribution in [3.8, 4) is 0 Å².